The fourth-order valence-corrected chi connectivity index (χ4v) is 2.79. The van der Waals surface area contributed by atoms with Gasteiger partial charge in [0.15, 0.2) is 5.82 Å². The third-order valence-electron chi connectivity index (χ3n) is 4.05. The Labute approximate surface area is 137 Å². The molecule has 0 spiro atoms. The summed E-state index contributed by atoms with van der Waals surface area (Å²) in [5, 5.41) is 11.6. The van der Waals surface area contributed by atoms with E-state index in [1.54, 1.807) is 6.20 Å². The lowest BCUT2D eigenvalue weighted by Gasteiger charge is -2.28. The third-order valence-corrected chi connectivity index (χ3v) is 4.05. The Morgan fingerprint density at radius 2 is 2.04 bits per heavy atom. The molecule has 6 nitrogen and oxygen atoms in total. The molecule has 1 aliphatic heterocycles. The van der Waals surface area contributed by atoms with E-state index in [1.165, 1.54) is 11.1 Å². The number of hydrogen-bond donors (Lipinski definition) is 1. The van der Waals surface area contributed by atoms with Gasteiger partial charge in [0.05, 0.1) is 6.20 Å². The topological polar surface area (TPSA) is 57.2 Å². The second-order valence-electron chi connectivity index (χ2n) is 6.17. The van der Waals surface area contributed by atoms with Crippen LogP contribution in [-0.2, 0) is 13.0 Å². The Hall–Kier alpha value is -2.21. The maximum Gasteiger partial charge on any atom is 0.247 e. The third kappa shape index (κ3) is 4.16. The SMILES string of the molecule is CN(C)CCCNc1cnnc(N2CCc3ccccc3C2)n1. The number of benzene rings is 1. The summed E-state index contributed by atoms with van der Waals surface area (Å²) in [5.74, 6) is 1.50. The molecule has 23 heavy (non-hydrogen) atoms. The molecule has 0 bridgehead atoms. The Morgan fingerprint density at radius 1 is 1.22 bits per heavy atom. The highest BCUT2D eigenvalue weighted by Crippen LogP contribution is 2.21. The van der Waals surface area contributed by atoms with Gasteiger partial charge < -0.3 is 15.1 Å². The quantitative estimate of drug-likeness (QED) is 0.821. The Morgan fingerprint density at radius 3 is 2.87 bits per heavy atom. The maximum atomic E-state index is 4.61. The smallest absolute Gasteiger partial charge is 0.247 e. The minimum atomic E-state index is 0.706. The van der Waals surface area contributed by atoms with Crippen LogP contribution in [0.5, 0.6) is 0 Å². The van der Waals surface area contributed by atoms with Crippen LogP contribution in [-0.4, -0.2) is 53.8 Å². The van der Waals surface area contributed by atoms with Gasteiger partial charge in [-0.3, -0.25) is 0 Å². The van der Waals surface area contributed by atoms with Crippen LogP contribution in [0.15, 0.2) is 30.5 Å². The molecule has 2 aromatic rings. The van der Waals surface area contributed by atoms with Gasteiger partial charge in [-0.15, -0.1) is 5.10 Å². The summed E-state index contributed by atoms with van der Waals surface area (Å²) in [6.07, 6.45) is 3.79. The van der Waals surface area contributed by atoms with Gasteiger partial charge in [0.2, 0.25) is 5.95 Å². The van der Waals surface area contributed by atoms with Gasteiger partial charge >= 0.3 is 0 Å². The van der Waals surface area contributed by atoms with E-state index in [-0.39, 0.29) is 0 Å². The molecule has 1 N–H and O–H groups in total. The summed E-state index contributed by atoms with van der Waals surface area (Å²) in [6, 6.07) is 8.57. The van der Waals surface area contributed by atoms with Gasteiger partial charge in [-0.2, -0.15) is 10.1 Å². The van der Waals surface area contributed by atoms with Crippen molar-refractivity contribution in [3.05, 3.63) is 41.6 Å². The maximum absolute atomic E-state index is 4.61. The van der Waals surface area contributed by atoms with E-state index < -0.39 is 0 Å². The fraction of sp³-hybridized carbons (Fsp3) is 0.471. The summed E-state index contributed by atoms with van der Waals surface area (Å²) in [4.78, 5) is 8.99. The predicted molar refractivity (Wildman–Crippen MR) is 92.7 cm³/mol. The number of rotatable bonds is 6. The molecule has 0 saturated heterocycles. The molecule has 1 aliphatic rings. The molecule has 122 valence electrons. The van der Waals surface area contributed by atoms with Gasteiger partial charge in [-0.25, -0.2) is 0 Å². The molecular weight excluding hydrogens is 288 g/mol. The monoisotopic (exact) mass is 312 g/mol. The molecule has 0 amide bonds. The Balaban J connectivity index is 1.62. The first kappa shape index (κ1) is 15.7. The minimum Gasteiger partial charge on any atom is -0.369 e. The summed E-state index contributed by atoms with van der Waals surface area (Å²) in [7, 11) is 4.16. The highest BCUT2D eigenvalue weighted by atomic mass is 15.3. The number of nitrogens with one attached hydrogen (secondary N) is 1. The number of anilines is 2. The molecule has 1 aromatic heterocycles. The van der Waals surface area contributed by atoms with Gasteiger partial charge in [-0.05, 0) is 44.6 Å². The van der Waals surface area contributed by atoms with Crippen molar-refractivity contribution >= 4 is 11.8 Å². The van der Waals surface area contributed by atoms with E-state index >= 15 is 0 Å². The summed E-state index contributed by atoms with van der Waals surface area (Å²) in [5.41, 5.74) is 2.78. The van der Waals surface area contributed by atoms with Crippen molar-refractivity contribution in [1.82, 2.24) is 20.1 Å². The average Bonchev–Trinajstić information content (AvgIpc) is 2.58. The van der Waals surface area contributed by atoms with Crippen molar-refractivity contribution in [1.29, 1.82) is 0 Å². The first-order valence-corrected chi connectivity index (χ1v) is 8.12. The highest BCUT2D eigenvalue weighted by Gasteiger charge is 2.18. The molecule has 2 heterocycles. The van der Waals surface area contributed by atoms with E-state index in [2.05, 4.69) is 68.7 Å². The first-order chi connectivity index (χ1) is 11.2. The van der Waals surface area contributed by atoms with Gasteiger partial charge in [-0.1, -0.05) is 24.3 Å². The Kier molecular flexibility index (Phi) is 5.02. The second-order valence-corrected chi connectivity index (χ2v) is 6.17. The minimum absolute atomic E-state index is 0.706. The molecule has 3 rings (SSSR count). The van der Waals surface area contributed by atoms with Crippen LogP contribution in [0.4, 0.5) is 11.8 Å². The lowest BCUT2D eigenvalue weighted by molar-refractivity contribution is 0.405. The predicted octanol–water partition coefficient (Wildman–Crippen LogP) is 1.80. The molecular formula is C17H24N6. The number of fused-ring (bicyclic) bond motifs is 1. The second kappa shape index (κ2) is 7.37. The molecule has 0 radical (unpaired) electrons. The van der Waals surface area contributed by atoms with E-state index in [9.17, 15) is 0 Å². The molecule has 0 fully saturated rings. The number of hydrogen-bond acceptors (Lipinski definition) is 6. The van der Waals surface area contributed by atoms with E-state index in [1.807, 2.05) is 0 Å². The van der Waals surface area contributed by atoms with Crippen LogP contribution in [0.3, 0.4) is 0 Å². The largest absolute Gasteiger partial charge is 0.369 e. The molecule has 0 saturated carbocycles. The zero-order chi connectivity index (χ0) is 16.1. The van der Waals surface area contributed by atoms with Gasteiger partial charge in [0, 0.05) is 19.6 Å². The van der Waals surface area contributed by atoms with Crippen LogP contribution in [0.25, 0.3) is 0 Å². The van der Waals surface area contributed by atoms with Crippen molar-refractivity contribution in [2.24, 2.45) is 0 Å². The lowest BCUT2D eigenvalue weighted by Crippen LogP contribution is -2.32. The van der Waals surface area contributed by atoms with Gasteiger partial charge in [0.25, 0.3) is 0 Å². The van der Waals surface area contributed by atoms with Crippen molar-refractivity contribution in [3.8, 4) is 0 Å². The molecule has 0 atom stereocenters. The zero-order valence-corrected chi connectivity index (χ0v) is 13.9. The van der Waals surface area contributed by atoms with E-state index in [0.717, 1.165) is 44.8 Å². The van der Waals surface area contributed by atoms with Crippen molar-refractivity contribution in [2.45, 2.75) is 19.4 Å². The van der Waals surface area contributed by atoms with Crippen LogP contribution in [0.2, 0.25) is 0 Å². The fourth-order valence-electron chi connectivity index (χ4n) is 2.79. The van der Waals surface area contributed by atoms with Crippen LogP contribution >= 0.6 is 0 Å². The van der Waals surface area contributed by atoms with Crippen molar-refractivity contribution in [3.63, 3.8) is 0 Å². The van der Waals surface area contributed by atoms with E-state index in [4.69, 9.17) is 0 Å². The zero-order valence-electron chi connectivity index (χ0n) is 13.9. The van der Waals surface area contributed by atoms with Crippen LogP contribution < -0.4 is 10.2 Å². The van der Waals surface area contributed by atoms with Gasteiger partial charge in [0.1, 0.15) is 0 Å². The molecule has 6 heteroatoms. The normalized spacial score (nSPS) is 14.0. The highest BCUT2D eigenvalue weighted by molar-refractivity contribution is 5.43. The number of aromatic nitrogens is 3. The van der Waals surface area contributed by atoms with E-state index in [0.29, 0.717) is 5.95 Å². The summed E-state index contributed by atoms with van der Waals surface area (Å²) < 4.78 is 0. The first-order valence-electron chi connectivity index (χ1n) is 8.12. The summed E-state index contributed by atoms with van der Waals surface area (Å²) in [6.45, 7) is 3.73. The van der Waals surface area contributed by atoms with Crippen molar-refractivity contribution in [2.75, 3.05) is 43.9 Å². The lowest BCUT2D eigenvalue weighted by atomic mass is 10.0. The Bertz CT molecular complexity index is 642. The number of nitrogens with zero attached hydrogens (tertiary/aromatic N) is 5. The van der Waals surface area contributed by atoms with Crippen LogP contribution in [0, 0.1) is 0 Å². The molecule has 1 aromatic carbocycles. The van der Waals surface area contributed by atoms with Crippen LogP contribution in [0.1, 0.15) is 17.5 Å². The van der Waals surface area contributed by atoms with Crippen molar-refractivity contribution < 1.29 is 0 Å². The molecule has 0 aliphatic carbocycles. The standard InChI is InChI=1S/C17H24N6/c1-22(2)10-5-9-18-16-12-19-21-17(20-16)23-11-8-14-6-3-4-7-15(14)13-23/h3-4,6-7,12H,5,8-11,13H2,1-2H3,(H,18,20,21). The molecule has 0 unspecified atom stereocenters. The summed E-state index contributed by atoms with van der Waals surface area (Å²) >= 11 is 0. The average molecular weight is 312 g/mol.